The van der Waals surface area contributed by atoms with E-state index in [1.165, 1.54) is 12.8 Å². The van der Waals surface area contributed by atoms with Crippen LogP contribution in [-0.2, 0) is 11.2 Å². The van der Waals surface area contributed by atoms with E-state index in [0.29, 0.717) is 12.3 Å². The zero-order valence-electron chi connectivity index (χ0n) is 10.6. The third kappa shape index (κ3) is 2.99. The number of carbonyl (C=O) groups is 1. The first-order valence-corrected chi connectivity index (χ1v) is 6.55. The Morgan fingerprint density at radius 3 is 2.89 bits per heavy atom. The molecule has 3 rings (SSSR count). The van der Waals surface area contributed by atoms with Gasteiger partial charge in [-0.25, -0.2) is 0 Å². The lowest BCUT2D eigenvalue weighted by molar-refractivity contribution is -0.116. The number of carbonyl (C=O) groups excluding carboxylic acids is 1. The smallest absolute Gasteiger partial charge is 0.224 e. The van der Waals surface area contributed by atoms with Gasteiger partial charge in [-0.2, -0.15) is 5.10 Å². The first kappa shape index (κ1) is 11.9. The molecule has 2 N–H and O–H groups in total. The molecular formula is C14H16N4O. The first-order valence-electron chi connectivity index (χ1n) is 6.55. The summed E-state index contributed by atoms with van der Waals surface area (Å²) in [4.78, 5) is 15.9. The van der Waals surface area contributed by atoms with Crippen LogP contribution in [0.1, 0.15) is 36.4 Å². The monoisotopic (exact) mass is 256 g/mol. The van der Waals surface area contributed by atoms with Crippen LogP contribution in [0.3, 0.4) is 0 Å². The molecule has 0 aliphatic heterocycles. The van der Waals surface area contributed by atoms with Crippen LogP contribution in [0.2, 0.25) is 0 Å². The highest BCUT2D eigenvalue weighted by molar-refractivity contribution is 5.91. The van der Waals surface area contributed by atoms with Gasteiger partial charge in [0.2, 0.25) is 5.91 Å². The Morgan fingerprint density at radius 1 is 1.37 bits per heavy atom. The number of nitrogens with zero attached hydrogens (tertiary/aromatic N) is 2. The van der Waals surface area contributed by atoms with Crippen LogP contribution in [0.4, 0.5) is 5.69 Å². The molecular weight excluding hydrogens is 240 g/mol. The van der Waals surface area contributed by atoms with Gasteiger partial charge in [0.05, 0.1) is 17.6 Å². The van der Waals surface area contributed by atoms with Crippen molar-refractivity contribution in [3.8, 4) is 0 Å². The standard InChI is InChI=1S/C14H16N4O/c19-13(4-1-10-5-7-15-8-6-10)17-12-9-16-18-14(12)11-2-3-11/h5-9,11H,1-4H2,(H,16,18)(H,17,19). The number of pyridine rings is 1. The summed E-state index contributed by atoms with van der Waals surface area (Å²) < 4.78 is 0. The molecule has 0 radical (unpaired) electrons. The van der Waals surface area contributed by atoms with Crippen molar-refractivity contribution >= 4 is 11.6 Å². The normalized spacial score (nSPS) is 14.3. The van der Waals surface area contributed by atoms with E-state index >= 15 is 0 Å². The van der Waals surface area contributed by atoms with E-state index in [0.717, 1.165) is 23.4 Å². The second kappa shape index (κ2) is 5.22. The van der Waals surface area contributed by atoms with Crippen LogP contribution in [0.15, 0.2) is 30.7 Å². The topological polar surface area (TPSA) is 70.7 Å². The summed E-state index contributed by atoms with van der Waals surface area (Å²) in [5.74, 6) is 0.582. The average molecular weight is 256 g/mol. The summed E-state index contributed by atoms with van der Waals surface area (Å²) in [6.45, 7) is 0. The molecule has 1 aliphatic carbocycles. The van der Waals surface area contributed by atoms with Crippen LogP contribution in [0.25, 0.3) is 0 Å². The molecule has 98 valence electrons. The minimum Gasteiger partial charge on any atom is -0.323 e. The third-order valence-corrected chi connectivity index (χ3v) is 3.32. The SMILES string of the molecule is O=C(CCc1ccncc1)Nc1cn[nH]c1C1CC1. The van der Waals surface area contributed by atoms with Gasteiger partial charge in [0.15, 0.2) is 0 Å². The number of hydrogen-bond acceptors (Lipinski definition) is 3. The summed E-state index contributed by atoms with van der Waals surface area (Å²) >= 11 is 0. The van der Waals surface area contributed by atoms with E-state index in [4.69, 9.17) is 0 Å². The molecule has 0 aromatic carbocycles. The van der Waals surface area contributed by atoms with E-state index in [2.05, 4.69) is 20.5 Å². The summed E-state index contributed by atoms with van der Waals surface area (Å²) in [5.41, 5.74) is 3.03. The van der Waals surface area contributed by atoms with Gasteiger partial charge < -0.3 is 5.32 Å². The lowest BCUT2D eigenvalue weighted by Gasteiger charge is -2.05. The maximum Gasteiger partial charge on any atom is 0.224 e. The number of aromatic amines is 1. The highest BCUT2D eigenvalue weighted by Crippen LogP contribution is 2.42. The van der Waals surface area contributed by atoms with Gasteiger partial charge in [-0.3, -0.25) is 14.9 Å². The van der Waals surface area contributed by atoms with Gasteiger partial charge in [0.25, 0.3) is 0 Å². The minimum atomic E-state index is 0.0279. The van der Waals surface area contributed by atoms with Gasteiger partial charge >= 0.3 is 0 Å². The van der Waals surface area contributed by atoms with E-state index in [-0.39, 0.29) is 5.91 Å². The number of H-pyrrole nitrogens is 1. The molecule has 0 atom stereocenters. The van der Waals surface area contributed by atoms with E-state index in [1.54, 1.807) is 18.6 Å². The second-order valence-corrected chi connectivity index (χ2v) is 4.88. The molecule has 0 saturated heterocycles. The molecule has 0 bridgehead atoms. The molecule has 0 spiro atoms. The van der Waals surface area contributed by atoms with Crippen molar-refractivity contribution in [2.24, 2.45) is 0 Å². The van der Waals surface area contributed by atoms with Crippen molar-refractivity contribution in [2.75, 3.05) is 5.32 Å². The maximum atomic E-state index is 11.9. The summed E-state index contributed by atoms with van der Waals surface area (Å²) in [5, 5.41) is 9.91. The number of nitrogens with one attached hydrogen (secondary N) is 2. The molecule has 1 aliphatic rings. The van der Waals surface area contributed by atoms with Crippen molar-refractivity contribution < 1.29 is 4.79 Å². The molecule has 5 nitrogen and oxygen atoms in total. The number of amides is 1. The van der Waals surface area contributed by atoms with Gasteiger partial charge in [-0.05, 0) is 37.0 Å². The Labute approximate surface area is 111 Å². The van der Waals surface area contributed by atoms with Gasteiger partial charge in [-0.15, -0.1) is 0 Å². The van der Waals surface area contributed by atoms with E-state index in [1.807, 2.05) is 12.1 Å². The fraction of sp³-hybridized carbons (Fsp3) is 0.357. The van der Waals surface area contributed by atoms with E-state index < -0.39 is 0 Å². The van der Waals surface area contributed by atoms with Crippen molar-refractivity contribution in [3.63, 3.8) is 0 Å². The lowest BCUT2D eigenvalue weighted by Crippen LogP contribution is -2.13. The average Bonchev–Trinajstić information content (AvgIpc) is 3.18. The fourth-order valence-corrected chi connectivity index (χ4v) is 2.10. The van der Waals surface area contributed by atoms with Crippen molar-refractivity contribution in [1.82, 2.24) is 15.2 Å². The van der Waals surface area contributed by atoms with Crippen LogP contribution < -0.4 is 5.32 Å². The van der Waals surface area contributed by atoms with E-state index in [9.17, 15) is 4.79 Å². The Bertz CT molecular complexity index is 560. The first-order chi connectivity index (χ1) is 9.33. The lowest BCUT2D eigenvalue weighted by atomic mass is 10.1. The second-order valence-electron chi connectivity index (χ2n) is 4.88. The zero-order valence-corrected chi connectivity index (χ0v) is 10.6. The minimum absolute atomic E-state index is 0.0279. The molecule has 5 heteroatoms. The number of anilines is 1. The predicted molar refractivity (Wildman–Crippen MR) is 71.8 cm³/mol. The highest BCUT2D eigenvalue weighted by Gasteiger charge is 2.28. The molecule has 2 aromatic rings. The van der Waals surface area contributed by atoms with Crippen LogP contribution >= 0.6 is 0 Å². The Morgan fingerprint density at radius 2 is 2.16 bits per heavy atom. The van der Waals surface area contributed by atoms with Crippen molar-refractivity contribution in [2.45, 2.75) is 31.6 Å². The number of aromatic nitrogens is 3. The molecule has 1 saturated carbocycles. The van der Waals surface area contributed by atoms with Crippen molar-refractivity contribution in [1.29, 1.82) is 0 Å². The van der Waals surface area contributed by atoms with Gasteiger partial charge in [0, 0.05) is 24.7 Å². The van der Waals surface area contributed by atoms with Gasteiger partial charge in [0.1, 0.15) is 0 Å². The number of aryl methyl sites for hydroxylation is 1. The van der Waals surface area contributed by atoms with Gasteiger partial charge in [-0.1, -0.05) is 0 Å². The molecule has 0 unspecified atom stereocenters. The summed E-state index contributed by atoms with van der Waals surface area (Å²) in [6.07, 6.45) is 8.75. The third-order valence-electron chi connectivity index (χ3n) is 3.32. The van der Waals surface area contributed by atoms with Crippen LogP contribution in [0, 0.1) is 0 Å². The Balaban J connectivity index is 1.55. The van der Waals surface area contributed by atoms with Crippen LogP contribution in [0.5, 0.6) is 0 Å². The number of rotatable bonds is 5. The molecule has 1 fully saturated rings. The molecule has 1 amide bonds. The molecule has 2 heterocycles. The number of hydrogen-bond donors (Lipinski definition) is 2. The Kier molecular flexibility index (Phi) is 3.27. The Hall–Kier alpha value is -2.17. The highest BCUT2D eigenvalue weighted by atomic mass is 16.1. The quantitative estimate of drug-likeness (QED) is 0.862. The predicted octanol–water partition coefficient (Wildman–Crippen LogP) is 2.25. The molecule has 2 aromatic heterocycles. The molecule has 19 heavy (non-hydrogen) atoms. The summed E-state index contributed by atoms with van der Waals surface area (Å²) in [7, 11) is 0. The fourth-order valence-electron chi connectivity index (χ4n) is 2.10. The van der Waals surface area contributed by atoms with Crippen LogP contribution in [-0.4, -0.2) is 21.1 Å². The summed E-state index contributed by atoms with van der Waals surface area (Å²) in [6, 6.07) is 3.86. The van der Waals surface area contributed by atoms with Crippen molar-refractivity contribution in [3.05, 3.63) is 42.0 Å². The maximum absolute atomic E-state index is 11.9. The largest absolute Gasteiger partial charge is 0.323 e. The zero-order chi connectivity index (χ0) is 13.1.